The molecule has 0 amide bonds. The first-order chi connectivity index (χ1) is 10.3. The Morgan fingerprint density at radius 3 is 2.62 bits per heavy atom. The van der Waals surface area contributed by atoms with Gasteiger partial charge in [0.2, 0.25) is 0 Å². The van der Waals surface area contributed by atoms with Crippen LogP contribution in [0.2, 0.25) is 0 Å². The predicted molar refractivity (Wildman–Crippen MR) is 86.0 cm³/mol. The van der Waals surface area contributed by atoms with E-state index in [0.717, 1.165) is 36.5 Å². The third-order valence-electron chi connectivity index (χ3n) is 3.42. The van der Waals surface area contributed by atoms with Gasteiger partial charge in [0.1, 0.15) is 0 Å². The van der Waals surface area contributed by atoms with Gasteiger partial charge in [-0.15, -0.1) is 0 Å². The first-order valence-electron chi connectivity index (χ1n) is 6.64. The molecule has 2 aromatic carbocycles. The van der Waals surface area contributed by atoms with Gasteiger partial charge in [0.25, 0.3) is 0 Å². The molecule has 1 aromatic heterocycles. The van der Waals surface area contributed by atoms with Crippen molar-refractivity contribution in [3.8, 4) is 10.1 Å². The van der Waals surface area contributed by atoms with Crippen molar-refractivity contribution < 1.29 is 4.79 Å². The summed E-state index contributed by atoms with van der Waals surface area (Å²) in [5, 5.41) is 0. The summed E-state index contributed by atoms with van der Waals surface area (Å²) in [7, 11) is 0. The van der Waals surface area contributed by atoms with Crippen LogP contribution in [0, 0.1) is 0 Å². The van der Waals surface area contributed by atoms with Gasteiger partial charge < -0.3 is 0 Å². The fourth-order valence-corrected chi connectivity index (χ4v) is 5.76. The van der Waals surface area contributed by atoms with E-state index in [9.17, 15) is 4.79 Å². The molecule has 21 heavy (non-hydrogen) atoms. The molecule has 0 N–H and O–H groups in total. The molecule has 0 saturated heterocycles. The van der Waals surface area contributed by atoms with Gasteiger partial charge in [0.15, 0.2) is 0 Å². The van der Waals surface area contributed by atoms with E-state index < -0.39 is 0 Å². The van der Waals surface area contributed by atoms with Crippen molar-refractivity contribution >= 4 is 32.0 Å². The molecule has 1 aliphatic heterocycles. The normalized spacial score (nSPS) is 13.4. The first kappa shape index (κ1) is 13.1. The summed E-state index contributed by atoms with van der Waals surface area (Å²) >= 11 is 1.72. The van der Waals surface area contributed by atoms with E-state index in [2.05, 4.69) is 12.1 Å². The van der Waals surface area contributed by atoms with E-state index in [-0.39, 0.29) is 20.3 Å². The number of rotatable bonds is 1. The van der Waals surface area contributed by atoms with Crippen molar-refractivity contribution in [2.45, 2.75) is 10.6 Å². The third-order valence-corrected chi connectivity index (χ3v) is 6.91. The molecule has 2 nitrogen and oxygen atoms in total. The Labute approximate surface area is 133 Å². The summed E-state index contributed by atoms with van der Waals surface area (Å²) in [5.74, 6) is 0.955. The zero-order valence-electron chi connectivity index (χ0n) is 11.1. The second-order valence-electron chi connectivity index (χ2n) is 4.77. The van der Waals surface area contributed by atoms with E-state index in [4.69, 9.17) is 4.98 Å². The molecule has 0 aliphatic carbocycles. The van der Waals surface area contributed by atoms with E-state index in [1.807, 2.05) is 42.5 Å². The van der Waals surface area contributed by atoms with Gasteiger partial charge in [-0.25, -0.2) is 0 Å². The molecule has 0 fully saturated rings. The standard InChI is InChI=1S/C17H11NOSSe/c19-15-12-8-4-5-9-14(12)20-10-13-16(15)21-17(18-13)11-6-2-1-3-7-11/h1-9H,10H2. The zero-order valence-corrected chi connectivity index (χ0v) is 13.6. The minimum atomic E-state index is 0.00574. The van der Waals surface area contributed by atoms with Gasteiger partial charge in [0, 0.05) is 0 Å². The Bertz CT molecular complexity index is 826. The van der Waals surface area contributed by atoms with Crippen LogP contribution in [-0.4, -0.2) is 25.3 Å². The van der Waals surface area contributed by atoms with Gasteiger partial charge in [-0.1, -0.05) is 0 Å². The molecule has 4 heteroatoms. The maximum atomic E-state index is 12.8. The summed E-state index contributed by atoms with van der Waals surface area (Å²) in [6, 6.07) is 18.0. The van der Waals surface area contributed by atoms with E-state index in [1.165, 1.54) is 0 Å². The Balaban J connectivity index is 1.83. The fraction of sp³-hybridized carbons (Fsp3) is 0.0588. The summed E-state index contributed by atoms with van der Waals surface area (Å²) in [5.41, 5.74) is 2.94. The van der Waals surface area contributed by atoms with Crippen LogP contribution < -0.4 is 0 Å². The molecule has 2 heterocycles. The minimum absolute atomic E-state index is 0.00574. The number of ketones is 1. The van der Waals surface area contributed by atoms with Crippen molar-refractivity contribution in [1.29, 1.82) is 0 Å². The van der Waals surface area contributed by atoms with Gasteiger partial charge in [0.05, 0.1) is 0 Å². The second kappa shape index (κ2) is 5.30. The number of hydrogen-bond donors (Lipinski definition) is 0. The van der Waals surface area contributed by atoms with Crippen LogP contribution in [-0.2, 0) is 5.75 Å². The van der Waals surface area contributed by atoms with Crippen molar-refractivity contribution in [1.82, 2.24) is 4.98 Å². The average Bonchev–Trinajstić information content (AvgIpc) is 2.92. The van der Waals surface area contributed by atoms with Crippen molar-refractivity contribution in [3.63, 3.8) is 0 Å². The number of fused-ring (bicyclic) bond motifs is 2. The Morgan fingerprint density at radius 1 is 1.00 bits per heavy atom. The number of aromatic nitrogens is 1. The first-order valence-corrected chi connectivity index (χ1v) is 9.34. The number of carbonyl (C=O) groups is 1. The number of thioether (sulfide) groups is 1. The maximum absolute atomic E-state index is 12.8. The number of nitrogens with zero attached hydrogens (tertiary/aromatic N) is 1. The summed E-state index contributed by atoms with van der Waals surface area (Å²) in [4.78, 5) is 18.6. The molecule has 0 bridgehead atoms. The van der Waals surface area contributed by atoms with Crippen LogP contribution in [0.25, 0.3) is 10.1 Å². The second-order valence-corrected chi connectivity index (χ2v) is 7.89. The van der Waals surface area contributed by atoms with E-state index in [0.29, 0.717) is 0 Å². The number of carbonyl (C=O) groups excluding carboxylic acids is 1. The summed E-state index contributed by atoms with van der Waals surface area (Å²) < 4.78 is 2.00. The van der Waals surface area contributed by atoms with Crippen LogP contribution in [0.3, 0.4) is 0 Å². The molecular formula is C17H11NOSSe. The Morgan fingerprint density at radius 2 is 1.76 bits per heavy atom. The predicted octanol–water partition coefficient (Wildman–Crippen LogP) is 3.64. The van der Waals surface area contributed by atoms with Crippen LogP contribution in [0.1, 0.15) is 20.5 Å². The van der Waals surface area contributed by atoms with Crippen LogP contribution in [0.5, 0.6) is 0 Å². The fourth-order valence-electron chi connectivity index (χ4n) is 2.38. The van der Waals surface area contributed by atoms with Crippen LogP contribution >= 0.6 is 11.8 Å². The summed E-state index contributed by atoms with van der Waals surface area (Å²) in [6.07, 6.45) is 0. The Kier molecular flexibility index (Phi) is 3.30. The Hall–Kier alpha value is -1.61. The van der Waals surface area contributed by atoms with Gasteiger partial charge >= 0.3 is 133 Å². The SMILES string of the molecule is O=C1c2ccccc2SCc2nc(-c3ccccc3)[se]c21. The zero-order chi connectivity index (χ0) is 14.2. The van der Waals surface area contributed by atoms with Crippen molar-refractivity contribution in [3.05, 3.63) is 70.3 Å². The third kappa shape index (κ3) is 2.30. The molecule has 0 radical (unpaired) electrons. The van der Waals surface area contributed by atoms with Crippen LogP contribution in [0.4, 0.5) is 0 Å². The topological polar surface area (TPSA) is 30.0 Å². The van der Waals surface area contributed by atoms with Gasteiger partial charge in [-0.05, 0) is 0 Å². The molecule has 0 unspecified atom stereocenters. The summed E-state index contributed by atoms with van der Waals surface area (Å²) in [6.45, 7) is 0. The number of benzene rings is 2. The van der Waals surface area contributed by atoms with E-state index >= 15 is 0 Å². The van der Waals surface area contributed by atoms with Crippen molar-refractivity contribution in [2.75, 3.05) is 0 Å². The molecule has 3 aromatic rings. The van der Waals surface area contributed by atoms with Crippen LogP contribution in [0.15, 0.2) is 59.5 Å². The molecule has 4 rings (SSSR count). The van der Waals surface area contributed by atoms with Gasteiger partial charge in [-0.3, -0.25) is 0 Å². The molecule has 0 spiro atoms. The van der Waals surface area contributed by atoms with E-state index in [1.54, 1.807) is 11.8 Å². The quantitative estimate of drug-likeness (QED) is 0.624. The van der Waals surface area contributed by atoms with Gasteiger partial charge in [-0.2, -0.15) is 0 Å². The molecular weight excluding hydrogens is 345 g/mol. The molecule has 0 atom stereocenters. The molecule has 0 saturated carbocycles. The number of hydrogen-bond acceptors (Lipinski definition) is 3. The molecule has 1 aliphatic rings. The monoisotopic (exact) mass is 357 g/mol. The average molecular weight is 356 g/mol. The molecule has 102 valence electrons. The van der Waals surface area contributed by atoms with Crippen molar-refractivity contribution in [2.24, 2.45) is 0 Å².